The van der Waals surface area contributed by atoms with E-state index in [-0.39, 0.29) is 19.1 Å². The monoisotopic (exact) mass is 955 g/mol. The molecular formula is C58H103N2O6P. The predicted molar refractivity (Wildman–Crippen MR) is 288 cm³/mol. The summed E-state index contributed by atoms with van der Waals surface area (Å²) in [5.74, 6) is -0.205. The Bertz CT molecular complexity index is 1410. The van der Waals surface area contributed by atoms with Gasteiger partial charge in [0.15, 0.2) is 0 Å². The number of aliphatic hydroxyl groups is 1. The van der Waals surface area contributed by atoms with Crippen LogP contribution in [0.1, 0.15) is 213 Å². The highest BCUT2D eigenvalue weighted by Crippen LogP contribution is 2.38. The number of amides is 1. The molecule has 0 aromatic heterocycles. The molecular weight excluding hydrogens is 852 g/mol. The smallest absolute Gasteiger partial charge is 0.268 e. The van der Waals surface area contributed by atoms with Crippen molar-refractivity contribution < 1.29 is 32.9 Å². The molecule has 2 N–H and O–H groups in total. The molecule has 0 saturated carbocycles. The normalized spacial score (nSPS) is 14.8. The van der Waals surface area contributed by atoms with Gasteiger partial charge < -0.3 is 28.8 Å². The fourth-order valence-electron chi connectivity index (χ4n) is 7.31. The molecule has 0 aromatic carbocycles. The third kappa shape index (κ3) is 51.1. The van der Waals surface area contributed by atoms with Gasteiger partial charge in [0.2, 0.25) is 5.91 Å². The minimum Gasteiger partial charge on any atom is -0.756 e. The molecule has 9 heteroatoms. The molecule has 0 aliphatic heterocycles. The van der Waals surface area contributed by atoms with E-state index in [1.54, 1.807) is 6.08 Å². The van der Waals surface area contributed by atoms with Gasteiger partial charge in [-0.1, -0.05) is 227 Å². The standard InChI is InChI=1S/C58H103N2O6P/c1-6-8-10-12-14-16-18-19-20-21-22-23-24-25-26-27-28-29-30-31-32-33-34-35-36-37-38-39-40-41-42-44-46-48-50-52-58(62)59-56(55-66-67(63,64)65-54-53-60(3,4)5)57(61)51-49-47-45-43-17-15-13-11-9-7-2/h8,10,14,16,19-20,22-23,25-26,28-29,31-32,49,51,56-57,61H,6-7,9,11-13,15,17-18,21,24,27,30,33-48,50,52-55H2,1-5H3,(H-,59,62,63,64)/b10-8-,16-14-,20-19-,23-22-,26-25-,29-28-,32-31-,51-49+. The van der Waals surface area contributed by atoms with Crippen LogP contribution >= 0.6 is 7.82 Å². The molecule has 3 atom stereocenters. The van der Waals surface area contributed by atoms with Crippen molar-refractivity contribution in [3.05, 3.63) is 97.2 Å². The number of phosphoric acid groups is 1. The third-order valence-corrected chi connectivity index (χ3v) is 12.5. The van der Waals surface area contributed by atoms with Crippen molar-refractivity contribution in [2.75, 3.05) is 40.9 Å². The lowest BCUT2D eigenvalue weighted by molar-refractivity contribution is -0.870. The highest BCUT2D eigenvalue weighted by molar-refractivity contribution is 7.45. The molecule has 386 valence electrons. The number of phosphoric ester groups is 1. The van der Waals surface area contributed by atoms with E-state index in [0.29, 0.717) is 17.4 Å². The van der Waals surface area contributed by atoms with Crippen LogP contribution in [0.15, 0.2) is 97.2 Å². The molecule has 0 aromatic rings. The molecule has 0 spiro atoms. The van der Waals surface area contributed by atoms with Crippen LogP contribution < -0.4 is 10.2 Å². The first-order valence-electron chi connectivity index (χ1n) is 27.1. The van der Waals surface area contributed by atoms with Crippen LogP contribution in [-0.4, -0.2) is 68.5 Å². The Labute approximate surface area is 413 Å². The summed E-state index contributed by atoms with van der Waals surface area (Å²) in [6.45, 7) is 4.50. The number of likely N-dealkylation sites (N-methyl/N-ethyl adjacent to an activating group) is 1. The third-order valence-electron chi connectivity index (χ3n) is 11.5. The van der Waals surface area contributed by atoms with Crippen molar-refractivity contribution >= 4 is 13.7 Å². The zero-order valence-corrected chi connectivity index (χ0v) is 44.7. The highest BCUT2D eigenvalue weighted by Gasteiger charge is 2.23. The van der Waals surface area contributed by atoms with Crippen molar-refractivity contribution in [2.24, 2.45) is 0 Å². The van der Waals surface area contributed by atoms with Gasteiger partial charge in [0.25, 0.3) is 7.82 Å². The predicted octanol–water partition coefficient (Wildman–Crippen LogP) is 15.6. The number of unbranched alkanes of at least 4 members (excludes halogenated alkanes) is 21. The summed E-state index contributed by atoms with van der Waals surface area (Å²) in [6, 6.07) is -0.890. The number of aliphatic hydroxyl groups excluding tert-OH is 1. The fraction of sp³-hybridized carbons (Fsp3) is 0.707. The molecule has 0 aliphatic rings. The Morgan fingerprint density at radius 3 is 1.33 bits per heavy atom. The van der Waals surface area contributed by atoms with Crippen LogP contribution in [-0.2, 0) is 18.4 Å². The van der Waals surface area contributed by atoms with Gasteiger partial charge in [-0.3, -0.25) is 9.36 Å². The van der Waals surface area contributed by atoms with Gasteiger partial charge in [-0.15, -0.1) is 0 Å². The molecule has 67 heavy (non-hydrogen) atoms. The second-order valence-electron chi connectivity index (χ2n) is 19.2. The number of allylic oxidation sites excluding steroid dienone is 15. The molecule has 8 nitrogen and oxygen atoms in total. The number of carbonyl (C=O) groups excluding carboxylic acids is 1. The number of rotatable bonds is 48. The Morgan fingerprint density at radius 2 is 0.910 bits per heavy atom. The quantitative estimate of drug-likeness (QED) is 0.0272. The minimum atomic E-state index is -4.59. The van der Waals surface area contributed by atoms with Gasteiger partial charge in [0, 0.05) is 6.42 Å². The average Bonchev–Trinajstić information content (AvgIpc) is 3.29. The first-order valence-corrected chi connectivity index (χ1v) is 28.6. The van der Waals surface area contributed by atoms with Crippen LogP contribution in [0, 0.1) is 0 Å². The van der Waals surface area contributed by atoms with Crippen LogP contribution in [0.3, 0.4) is 0 Å². The first kappa shape index (κ1) is 64.4. The Balaban J connectivity index is 4.04. The lowest BCUT2D eigenvalue weighted by Gasteiger charge is -2.29. The summed E-state index contributed by atoms with van der Waals surface area (Å²) >= 11 is 0. The van der Waals surface area contributed by atoms with Gasteiger partial charge in [0.1, 0.15) is 13.2 Å². The van der Waals surface area contributed by atoms with Crippen molar-refractivity contribution in [3.8, 4) is 0 Å². The summed E-state index contributed by atoms with van der Waals surface area (Å²) in [4.78, 5) is 25.4. The van der Waals surface area contributed by atoms with E-state index >= 15 is 0 Å². The maximum atomic E-state index is 12.9. The van der Waals surface area contributed by atoms with Crippen molar-refractivity contribution in [1.29, 1.82) is 0 Å². The van der Waals surface area contributed by atoms with Crippen LogP contribution in [0.4, 0.5) is 0 Å². The number of hydrogen-bond donors (Lipinski definition) is 2. The van der Waals surface area contributed by atoms with E-state index in [1.807, 2.05) is 27.2 Å². The molecule has 0 bridgehead atoms. The minimum absolute atomic E-state index is 0.00481. The molecule has 0 aliphatic carbocycles. The largest absolute Gasteiger partial charge is 0.756 e. The number of hydrogen-bond acceptors (Lipinski definition) is 6. The van der Waals surface area contributed by atoms with Gasteiger partial charge in [-0.05, 0) is 77.0 Å². The molecule has 0 radical (unpaired) electrons. The Hall–Kier alpha value is -2.58. The van der Waals surface area contributed by atoms with E-state index < -0.39 is 20.0 Å². The first-order chi connectivity index (χ1) is 32.5. The van der Waals surface area contributed by atoms with Crippen molar-refractivity contribution in [3.63, 3.8) is 0 Å². The summed E-state index contributed by atoms with van der Waals surface area (Å²) in [5, 5.41) is 13.8. The van der Waals surface area contributed by atoms with Crippen LogP contribution in [0.2, 0.25) is 0 Å². The summed E-state index contributed by atoms with van der Waals surface area (Å²) in [7, 11) is 1.25. The maximum Gasteiger partial charge on any atom is 0.268 e. The summed E-state index contributed by atoms with van der Waals surface area (Å²) in [5.41, 5.74) is 0. The van der Waals surface area contributed by atoms with Gasteiger partial charge in [-0.2, -0.15) is 0 Å². The molecule has 0 rings (SSSR count). The molecule has 0 saturated heterocycles. The molecule has 0 heterocycles. The second kappa shape index (κ2) is 48.4. The molecule has 3 unspecified atom stereocenters. The van der Waals surface area contributed by atoms with E-state index in [9.17, 15) is 19.4 Å². The molecule has 0 fully saturated rings. The lowest BCUT2D eigenvalue weighted by Crippen LogP contribution is -2.45. The van der Waals surface area contributed by atoms with E-state index in [1.165, 1.54) is 109 Å². The SMILES string of the molecule is CC/C=C\C/C=C\C/C=C\C/C=C\C/C=C\C/C=C\C/C=C\CCCCCCCCCCCCCCCC(=O)NC(COP(=O)([O-])OCC[N+](C)(C)C)C(O)/C=C/CCCCCCCCCC. The Morgan fingerprint density at radius 1 is 0.537 bits per heavy atom. The van der Waals surface area contributed by atoms with Crippen molar-refractivity contribution in [2.45, 2.75) is 225 Å². The number of nitrogens with one attached hydrogen (secondary N) is 1. The van der Waals surface area contributed by atoms with Crippen LogP contribution in [0.5, 0.6) is 0 Å². The van der Waals surface area contributed by atoms with Crippen molar-refractivity contribution in [1.82, 2.24) is 5.32 Å². The maximum absolute atomic E-state index is 12.9. The van der Waals surface area contributed by atoms with Gasteiger partial charge >= 0.3 is 0 Å². The average molecular weight is 955 g/mol. The van der Waals surface area contributed by atoms with E-state index in [0.717, 1.165) is 83.5 Å². The number of quaternary nitrogens is 1. The van der Waals surface area contributed by atoms with Gasteiger partial charge in [-0.25, -0.2) is 0 Å². The number of carbonyl (C=O) groups is 1. The zero-order chi connectivity index (χ0) is 49.2. The van der Waals surface area contributed by atoms with Crippen LogP contribution in [0.25, 0.3) is 0 Å². The molecule has 1 amide bonds. The zero-order valence-electron chi connectivity index (χ0n) is 43.8. The summed E-state index contributed by atoms with van der Waals surface area (Å²) < 4.78 is 23.2. The number of nitrogens with zero attached hydrogens (tertiary/aromatic N) is 1. The lowest BCUT2D eigenvalue weighted by atomic mass is 10.0. The van der Waals surface area contributed by atoms with Gasteiger partial charge in [0.05, 0.1) is 39.9 Å². The van der Waals surface area contributed by atoms with E-state index in [2.05, 4.69) is 104 Å². The van der Waals surface area contributed by atoms with E-state index in [4.69, 9.17) is 9.05 Å². The highest BCUT2D eigenvalue weighted by atomic mass is 31.2. The Kier molecular flexibility index (Phi) is 46.6. The second-order valence-corrected chi connectivity index (χ2v) is 20.6. The topological polar surface area (TPSA) is 108 Å². The summed E-state index contributed by atoms with van der Waals surface area (Å²) in [6.07, 6.45) is 69.2. The fourth-order valence-corrected chi connectivity index (χ4v) is 8.03.